The summed E-state index contributed by atoms with van der Waals surface area (Å²) < 4.78 is 0. The first kappa shape index (κ1) is 35.3. The molecule has 0 aliphatic rings. The third-order valence-electron chi connectivity index (χ3n) is 6.09. The van der Waals surface area contributed by atoms with Crippen LogP contribution in [0.15, 0.2) is 182 Å². The van der Waals surface area contributed by atoms with Crippen molar-refractivity contribution in [1.82, 2.24) is 0 Å². The number of halogens is 2. The molecule has 0 heterocycles. The molecule has 0 N–H and O–H groups in total. The van der Waals surface area contributed by atoms with E-state index in [4.69, 9.17) is 0 Å². The van der Waals surface area contributed by atoms with Crippen LogP contribution in [0.1, 0.15) is 0 Å². The summed E-state index contributed by atoms with van der Waals surface area (Å²) in [5.74, 6) is 0. The summed E-state index contributed by atoms with van der Waals surface area (Å²) in [5.41, 5.74) is 0. The zero-order valence-electron chi connectivity index (χ0n) is 22.3. The zero-order chi connectivity index (χ0) is 25.8. The fraction of sp³-hybridized carbons (Fsp3) is 0. The molecule has 0 aliphatic heterocycles. The molecule has 6 aromatic carbocycles. The number of hydrogen-bond acceptors (Lipinski definition) is 0. The smallest absolute Gasteiger partial charge is 1.00 e. The largest absolute Gasteiger partial charge is 2.00 e. The number of hydrogen-bond donors (Lipinski definition) is 0. The van der Waals surface area contributed by atoms with Crippen LogP contribution in [0, 0.1) is 0 Å². The summed E-state index contributed by atoms with van der Waals surface area (Å²) in [6.45, 7) is 0. The van der Waals surface area contributed by atoms with Crippen molar-refractivity contribution in [2.45, 2.75) is 0 Å². The van der Waals surface area contributed by atoms with Gasteiger partial charge < -0.3 is 48.0 Å². The standard InChI is InChI=1S/2C18H15P.2HI.Ni/c2*1-4-10-16(11-5-1)19(17-12-6-2-7-13-17)18-14-8-3-9-15-18;;;/h2*1-15H;2*1H;/q;;;;+2/p-2. The molecule has 6 rings (SSSR count). The van der Waals surface area contributed by atoms with Crippen molar-refractivity contribution in [3.63, 3.8) is 0 Å². The molecule has 0 bridgehead atoms. The molecule has 0 unspecified atom stereocenters. The molecule has 0 saturated heterocycles. The average molecular weight is 837 g/mol. The van der Waals surface area contributed by atoms with Gasteiger partial charge in [0.25, 0.3) is 0 Å². The first-order valence-corrected chi connectivity index (χ1v) is 15.5. The van der Waals surface area contributed by atoms with E-state index in [-0.39, 0.29) is 64.4 Å². The van der Waals surface area contributed by atoms with Crippen LogP contribution in [0.4, 0.5) is 0 Å². The first-order valence-electron chi connectivity index (χ1n) is 12.8. The molecule has 0 aliphatic carbocycles. The summed E-state index contributed by atoms with van der Waals surface area (Å²) in [5, 5.41) is 8.39. The van der Waals surface area contributed by atoms with Gasteiger partial charge in [0, 0.05) is 0 Å². The van der Waals surface area contributed by atoms with Gasteiger partial charge in [0.2, 0.25) is 0 Å². The van der Waals surface area contributed by atoms with Crippen molar-refractivity contribution in [2.24, 2.45) is 0 Å². The maximum absolute atomic E-state index is 2.23. The SMILES string of the molecule is [I-].[I-].[Ni+2].c1ccc(P(c2ccccc2)c2ccccc2)cc1.c1ccc(P(c2ccccc2)c2ccccc2)cc1. The fourth-order valence-electron chi connectivity index (χ4n) is 4.36. The molecule has 5 heteroatoms. The Labute approximate surface area is 291 Å². The van der Waals surface area contributed by atoms with E-state index in [1.54, 1.807) is 0 Å². The maximum Gasteiger partial charge on any atom is 2.00 e. The van der Waals surface area contributed by atoms with Gasteiger partial charge in [0.1, 0.15) is 0 Å². The molecular formula is C36H30I2NiP2. The van der Waals surface area contributed by atoms with E-state index in [9.17, 15) is 0 Å². The summed E-state index contributed by atoms with van der Waals surface area (Å²) in [6.07, 6.45) is 0. The van der Waals surface area contributed by atoms with Crippen molar-refractivity contribution in [2.75, 3.05) is 0 Å². The molecule has 0 atom stereocenters. The zero-order valence-corrected chi connectivity index (χ0v) is 29.4. The molecule has 0 spiro atoms. The van der Waals surface area contributed by atoms with E-state index in [1.165, 1.54) is 31.8 Å². The molecule has 0 nitrogen and oxygen atoms in total. The summed E-state index contributed by atoms with van der Waals surface area (Å²) in [6, 6.07) is 64.7. The molecule has 0 aromatic heterocycles. The maximum atomic E-state index is 2.23. The Kier molecular flexibility index (Phi) is 16.7. The molecule has 6 aromatic rings. The Hall–Kier alpha value is -1.87. The van der Waals surface area contributed by atoms with Crippen LogP contribution in [0.25, 0.3) is 0 Å². The second kappa shape index (κ2) is 19.3. The summed E-state index contributed by atoms with van der Waals surface area (Å²) in [4.78, 5) is 0. The molecule has 0 fully saturated rings. The van der Waals surface area contributed by atoms with E-state index in [2.05, 4.69) is 182 Å². The molecule has 0 amide bonds. The third kappa shape index (κ3) is 10.1. The van der Waals surface area contributed by atoms with Crippen molar-refractivity contribution < 1.29 is 64.4 Å². The fourth-order valence-corrected chi connectivity index (χ4v) is 8.97. The van der Waals surface area contributed by atoms with Gasteiger partial charge in [0.05, 0.1) is 0 Å². The Bertz CT molecular complexity index is 1180. The summed E-state index contributed by atoms with van der Waals surface area (Å²) >= 11 is 0. The molecule has 0 radical (unpaired) electrons. The first-order chi connectivity index (χ1) is 18.9. The van der Waals surface area contributed by atoms with Crippen LogP contribution < -0.4 is 79.8 Å². The van der Waals surface area contributed by atoms with Gasteiger partial charge in [-0.1, -0.05) is 182 Å². The Morgan fingerprint density at radius 1 is 0.220 bits per heavy atom. The predicted octanol–water partition coefficient (Wildman–Crippen LogP) is 0.895. The third-order valence-corrected chi connectivity index (χ3v) is 11.0. The quantitative estimate of drug-likeness (QED) is 0.133. The second-order valence-electron chi connectivity index (χ2n) is 8.68. The Balaban J connectivity index is 0.000000267. The predicted molar refractivity (Wildman–Crippen MR) is 170 cm³/mol. The van der Waals surface area contributed by atoms with Crippen LogP contribution in [-0.2, 0) is 16.5 Å². The van der Waals surface area contributed by atoms with Crippen molar-refractivity contribution in [1.29, 1.82) is 0 Å². The van der Waals surface area contributed by atoms with Gasteiger partial charge in [-0.3, -0.25) is 0 Å². The van der Waals surface area contributed by atoms with E-state index in [0.717, 1.165) is 0 Å². The molecule has 41 heavy (non-hydrogen) atoms. The van der Waals surface area contributed by atoms with Crippen molar-refractivity contribution in [3.8, 4) is 0 Å². The van der Waals surface area contributed by atoms with Crippen LogP contribution in [0.3, 0.4) is 0 Å². The average Bonchev–Trinajstić information content (AvgIpc) is 3.01. The molecule has 0 saturated carbocycles. The van der Waals surface area contributed by atoms with Gasteiger partial charge >= 0.3 is 16.5 Å². The van der Waals surface area contributed by atoms with Gasteiger partial charge in [-0.25, -0.2) is 0 Å². The Morgan fingerprint density at radius 3 is 0.463 bits per heavy atom. The minimum absolute atomic E-state index is 0. The van der Waals surface area contributed by atoms with Crippen molar-refractivity contribution in [3.05, 3.63) is 182 Å². The van der Waals surface area contributed by atoms with E-state index in [1.807, 2.05) is 0 Å². The minimum Gasteiger partial charge on any atom is -1.00 e. The van der Waals surface area contributed by atoms with Crippen molar-refractivity contribution >= 4 is 47.7 Å². The number of benzene rings is 6. The van der Waals surface area contributed by atoms with Crippen LogP contribution in [0.5, 0.6) is 0 Å². The van der Waals surface area contributed by atoms with E-state index in [0.29, 0.717) is 0 Å². The van der Waals surface area contributed by atoms with Gasteiger partial charge in [-0.05, 0) is 47.7 Å². The molecule has 208 valence electrons. The summed E-state index contributed by atoms with van der Waals surface area (Å²) in [7, 11) is -0.892. The number of rotatable bonds is 6. The second-order valence-corrected chi connectivity index (χ2v) is 13.1. The topological polar surface area (TPSA) is 0 Å². The Morgan fingerprint density at radius 2 is 0.341 bits per heavy atom. The van der Waals surface area contributed by atoms with E-state index >= 15 is 0 Å². The minimum atomic E-state index is -0.446. The van der Waals surface area contributed by atoms with Gasteiger partial charge in [-0.15, -0.1) is 0 Å². The van der Waals surface area contributed by atoms with Crippen LogP contribution in [0.2, 0.25) is 0 Å². The van der Waals surface area contributed by atoms with Gasteiger partial charge in [-0.2, -0.15) is 0 Å². The molecular weight excluding hydrogens is 807 g/mol. The normalized spacial score (nSPS) is 9.80. The van der Waals surface area contributed by atoms with Crippen LogP contribution in [-0.4, -0.2) is 0 Å². The van der Waals surface area contributed by atoms with E-state index < -0.39 is 15.8 Å². The van der Waals surface area contributed by atoms with Crippen LogP contribution >= 0.6 is 15.8 Å². The van der Waals surface area contributed by atoms with Gasteiger partial charge in [0.15, 0.2) is 0 Å². The monoisotopic (exact) mass is 836 g/mol.